The third kappa shape index (κ3) is 6.35. The lowest BCUT2D eigenvalue weighted by Crippen LogP contribution is -2.29. The van der Waals surface area contributed by atoms with Crippen LogP contribution >= 0.6 is 15.6 Å². The van der Waals surface area contributed by atoms with E-state index >= 15 is 0 Å². The summed E-state index contributed by atoms with van der Waals surface area (Å²) in [6, 6.07) is 23.8. The number of phosphoric ester groups is 2. The van der Waals surface area contributed by atoms with Gasteiger partial charge in [-0.1, -0.05) is 48.5 Å². The topological polar surface area (TPSA) is 173 Å². The molecule has 196 valence electrons. The first kappa shape index (κ1) is 27.2. The van der Waals surface area contributed by atoms with Crippen molar-refractivity contribution in [3.05, 3.63) is 126 Å². The van der Waals surface area contributed by atoms with Crippen molar-refractivity contribution in [3.8, 4) is 11.5 Å². The lowest BCUT2D eigenvalue weighted by atomic mass is 9.80. The quantitative estimate of drug-likeness (QED) is 0.198. The van der Waals surface area contributed by atoms with Crippen molar-refractivity contribution in [2.75, 3.05) is 0 Å². The van der Waals surface area contributed by atoms with E-state index in [9.17, 15) is 13.9 Å². The van der Waals surface area contributed by atoms with E-state index in [-0.39, 0.29) is 11.5 Å². The number of aromatic nitrogens is 1. The summed E-state index contributed by atoms with van der Waals surface area (Å²) < 4.78 is 37.2. The van der Waals surface area contributed by atoms with E-state index in [2.05, 4.69) is 14.0 Å². The van der Waals surface area contributed by atoms with E-state index in [4.69, 9.17) is 24.3 Å². The number of hydrogen-bond donors (Lipinski definition) is 4. The van der Waals surface area contributed by atoms with Gasteiger partial charge < -0.3 is 13.8 Å². The molecule has 0 fully saturated rings. The molecule has 0 atom stereocenters. The molecule has 0 amide bonds. The van der Waals surface area contributed by atoms with Gasteiger partial charge in [0.2, 0.25) is 0 Å². The Bertz CT molecular complexity index is 1410. The highest BCUT2D eigenvalue weighted by Gasteiger charge is 2.48. The molecule has 0 spiro atoms. The van der Waals surface area contributed by atoms with Crippen LogP contribution in [0.25, 0.3) is 0 Å². The van der Waals surface area contributed by atoms with Crippen LogP contribution in [-0.2, 0) is 19.5 Å². The lowest BCUT2D eigenvalue weighted by molar-refractivity contribution is 0.0251. The number of phosphoric acid groups is 2. The van der Waals surface area contributed by atoms with Gasteiger partial charge in [0.1, 0.15) is 11.5 Å². The highest BCUT2D eigenvalue weighted by molar-refractivity contribution is 7.47. The van der Waals surface area contributed by atoms with E-state index in [0.717, 1.165) is 0 Å². The van der Waals surface area contributed by atoms with Crippen molar-refractivity contribution < 1.29 is 47.3 Å². The summed E-state index contributed by atoms with van der Waals surface area (Å²) in [5.41, 5.74) is 0.348. The molecule has 0 bridgehead atoms. The minimum atomic E-state index is -4.75. The summed E-state index contributed by atoms with van der Waals surface area (Å²) in [7, 11) is -9.50. The van der Waals surface area contributed by atoms with Gasteiger partial charge >= 0.3 is 21.6 Å². The second-order valence-corrected chi connectivity index (χ2v) is 10.2. The predicted molar refractivity (Wildman–Crippen MR) is 134 cm³/mol. The standard InChI is InChI=1S/C20H16O10P2.C5H5N/c21-19-17-3-1-2-4-18(17)20(28-19,13-5-9-15(10-6-13)29-31(22,23)24)14-7-11-16(12-8-14)30-32(25,26)27;1-2-4-6-5-3-1/h1-12H,(H2,22,23,24)(H2,25,26,27);1-5H. The molecular formula is C25H21NO10P2. The predicted octanol–water partition coefficient (Wildman–Crippen LogP) is 4.17. The molecule has 3 aromatic carbocycles. The Morgan fingerprint density at radius 1 is 0.658 bits per heavy atom. The van der Waals surface area contributed by atoms with Gasteiger partial charge in [0, 0.05) is 29.1 Å². The van der Waals surface area contributed by atoms with E-state index < -0.39 is 27.2 Å². The number of benzene rings is 3. The van der Waals surface area contributed by atoms with Crippen LogP contribution in [0.5, 0.6) is 11.5 Å². The second kappa shape index (κ2) is 10.9. The largest absolute Gasteiger partial charge is 0.524 e. The summed E-state index contributed by atoms with van der Waals surface area (Å²) in [6.07, 6.45) is 3.50. The van der Waals surface area contributed by atoms with Gasteiger partial charge in [-0.15, -0.1) is 0 Å². The van der Waals surface area contributed by atoms with Gasteiger partial charge in [-0.25, -0.2) is 13.9 Å². The third-order valence-electron chi connectivity index (χ3n) is 5.31. The SMILES string of the molecule is O=C1OC(c2ccc(OP(=O)(O)O)cc2)(c2ccc(OP(=O)(O)O)cc2)c2ccccc21.c1ccncc1. The summed E-state index contributed by atoms with van der Waals surface area (Å²) in [5.74, 6) is -0.743. The van der Waals surface area contributed by atoms with Crippen molar-refractivity contribution in [1.29, 1.82) is 0 Å². The van der Waals surface area contributed by atoms with Crippen molar-refractivity contribution >= 4 is 21.6 Å². The summed E-state index contributed by atoms with van der Waals surface area (Å²) in [5, 5.41) is 0. The van der Waals surface area contributed by atoms with Gasteiger partial charge in [-0.2, -0.15) is 0 Å². The summed E-state index contributed by atoms with van der Waals surface area (Å²) in [6.45, 7) is 0. The number of cyclic esters (lactones) is 1. The first-order chi connectivity index (χ1) is 18.0. The Hall–Kier alpha value is -3.82. The maximum atomic E-state index is 12.7. The molecule has 13 heteroatoms. The zero-order valence-corrected chi connectivity index (χ0v) is 21.2. The van der Waals surface area contributed by atoms with Gasteiger partial charge in [0.15, 0.2) is 5.60 Å². The Kier molecular flexibility index (Phi) is 7.80. The van der Waals surface area contributed by atoms with Crippen LogP contribution in [0.1, 0.15) is 27.0 Å². The van der Waals surface area contributed by atoms with Gasteiger partial charge in [-0.3, -0.25) is 24.6 Å². The number of pyridine rings is 1. The number of nitrogens with zero attached hydrogens (tertiary/aromatic N) is 1. The average Bonchev–Trinajstić information content (AvgIpc) is 3.18. The minimum Gasteiger partial charge on any atom is -0.441 e. The molecule has 0 aliphatic carbocycles. The zero-order valence-electron chi connectivity index (χ0n) is 19.4. The number of esters is 1. The van der Waals surface area contributed by atoms with Crippen LogP contribution in [0, 0.1) is 0 Å². The third-order valence-corrected chi connectivity index (χ3v) is 6.21. The van der Waals surface area contributed by atoms with Crippen LogP contribution in [0.4, 0.5) is 0 Å². The van der Waals surface area contributed by atoms with Crippen molar-refractivity contribution in [2.45, 2.75) is 5.60 Å². The molecular weight excluding hydrogens is 536 g/mol. The number of ether oxygens (including phenoxy) is 1. The van der Waals surface area contributed by atoms with E-state index in [1.807, 2.05) is 18.2 Å². The number of hydrogen-bond acceptors (Lipinski definition) is 7. The van der Waals surface area contributed by atoms with Gasteiger partial charge in [-0.05, 0) is 42.5 Å². The van der Waals surface area contributed by atoms with Gasteiger partial charge in [0.05, 0.1) is 5.56 Å². The number of carbonyl (C=O) groups is 1. The first-order valence-corrected chi connectivity index (χ1v) is 13.9. The number of carbonyl (C=O) groups excluding carboxylic acids is 1. The summed E-state index contributed by atoms with van der Waals surface area (Å²) >= 11 is 0. The molecule has 1 aliphatic heterocycles. The van der Waals surface area contributed by atoms with Crippen LogP contribution in [-0.4, -0.2) is 30.5 Å². The molecule has 0 radical (unpaired) electrons. The molecule has 11 nitrogen and oxygen atoms in total. The van der Waals surface area contributed by atoms with Crippen LogP contribution in [0.3, 0.4) is 0 Å². The fourth-order valence-corrected chi connectivity index (χ4v) is 4.69. The molecule has 4 aromatic rings. The first-order valence-electron chi connectivity index (χ1n) is 10.9. The van der Waals surface area contributed by atoms with Crippen molar-refractivity contribution in [1.82, 2.24) is 4.98 Å². The Labute approximate surface area is 216 Å². The second-order valence-electron chi connectivity index (χ2n) is 7.85. The number of fused-ring (bicyclic) bond motifs is 1. The van der Waals surface area contributed by atoms with Crippen molar-refractivity contribution in [3.63, 3.8) is 0 Å². The molecule has 0 saturated heterocycles. The lowest BCUT2D eigenvalue weighted by Gasteiger charge is -2.30. The maximum absolute atomic E-state index is 12.7. The zero-order chi connectivity index (χ0) is 27.4. The Morgan fingerprint density at radius 3 is 1.53 bits per heavy atom. The minimum absolute atomic E-state index is 0.0831. The average molecular weight is 557 g/mol. The smallest absolute Gasteiger partial charge is 0.441 e. The molecule has 38 heavy (non-hydrogen) atoms. The summed E-state index contributed by atoms with van der Waals surface area (Å²) in [4.78, 5) is 52.5. The van der Waals surface area contributed by atoms with E-state index in [1.165, 1.54) is 48.5 Å². The highest BCUT2D eigenvalue weighted by Crippen LogP contribution is 2.48. The molecule has 5 rings (SSSR count). The van der Waals surface area contributed by atoms with E-state index in [1.54, 1.807) is 36.7 Å². The highest BCUT2D eigenvalue weighted by atomic mass is 31.2. The fraction of sp³-hybridized carbons (Fsp3) is 0.0400. The molecule has 1 aromatic heterocycles. The normalized spacial score (nSPS) is 13.9. The maximum Gasteiger partial charge on any atom is 0.524 e. The van der Waals surface area contributed by atoms with Crippen LogP contribution in [0.2, 0.25) is 0 Å². The Balaban J connectivity index is 0.000000494. The van der Waals surface area contributed by atoms with E-state index in [0.29, 0.717) is 22.3 Å². The monoisotopic (exact) mass is 557 g/mol. The number of rotatable bonds is 6. The molecule has 4 N–H and O–H groups in total. The van der Waals surface area contributed by atoms with Crippen LogP contribution < -0.4 is 9.05 Å². The van der Waals surface area contributed by atoms with Crippen LogP contribution in [0.15, 0.2) is 103 Å². The molecule has 0 saturated carbocycles. The Morgan fingerprint density at radius 2 is 1.13 bits per heavy atom. The van der Waals surface area contributed by atoms with Crippen molar-refractivity contribution in [2.24, 2.45) is 0 Å². The van der Waals surface area contributed by atoms with Gasteiger partial charge in [0.25, 0.3) is 0 Å². The molecule has 1 aliphatic rings. The fourth-order valence-electron chi connectivity index (χ4n) is 3.90. The molecule has 0 unspecified atom stereocenters. The molecule has 2 heterocycles.